The molecule has 0 amide bonds. The van der Waals surface area contributed by atoms with Gasteiger partial charge in [-0.2, -0.15) is 0 Å². The molecule has 0 atom stereocenters. The van der Waals surface area contributed by atoms with Gasteiger partial charge < -0.3 is 4.98 Å². The molecule has 0 spiro atoms. The third kappa shape index (κ3) is 1.15. The highest BCUT2D eigenvalue weighted by Gasteiger charge is 2.09. The monoisotopic (exact) mass is 232 g/mol. The standard InChI is InChI=1S/C16H12N2/c1-10-6-7-13-11-4-2-3-5-12(11)14-8-9-17-15(14)16(13)18-10/h2-9,18H,1H3. The van der Waals surface area contributed by atoms with Gasteiger partial charge in [0.05, 0.1) is 11.0 Å². The number of nitrogens with one attached hydrogen (secondary N) is 1. The highest BCUT2D eigenvalue weighted by Crippen LogP contribution is 2.33. The summed E-state index contributed by atoms with van der Waals surface area (Å²) in [5.41, 5.74) is 3.35. The molecular formula is C16H12N2. The average molecular weight is 232 g/mol. The fourth-order valence-electron chi connectivity index (χ4n) is 2.71. The van der Waals surface area contributed by atoms with E-state index in [0.717, 1.165) is 16.7 Å². The lowest BCUT2D eigenvalue weighted by atomic mass is 10.0. The van der Waals surface area contributed by atoms with E-state index in [4.69, 9.17) is 0 Å². The average Bonchev–Trinajstić information content (AvgIpc) is 2.88. The van der Waals surface area contributed by atoms with Gasteiger partial charge in [0.2, 0.25) is 0 Å². The van der Waals surface area contributed by atoms with Crippen LogP contribution in [-0.4, -0.2) is 9.97 Å². The number of aromatic nitrogens is 2. The third-order valence-electron chi connectivity index (χ3n) is 3.54. The molecule has 0 aliphatic heterocycles. The van der Waals surface area contributed by atoms with Crippen LogP contribution in [0.15, 0.2) is 48.7 Å². The lowest BCUT2D eigenvalue weighted by Gasteiger charge is -2.07. The summed E-state index contributed by atoms with van der Waals surface area (Å²) in [6.45, 7) is 2.07. The van der Waals surface area contributed by atoms with Crippen LogP contribution in [0, 0.1) is 6.92 Å². The Kier molecular flexibility index (Phi) is 1.78. The van der Waals surface area contributed by atoms with Gasteiger partial charge in [0.1, 0.15) is 0 Å². The van der Waals surface area contributed by atoms with Crippen LogP contribution in [0.25, 0.3) is 32.6 Å². The molecule has 4 aromatic rings. The van der Waals surface area contributed by atoms with E-state index >= 15 is 0 Å². The number of aromatic amines is 1. The molecule has 2 heteroatoms. The molecule has 0 aliphatic rings. The fraction of sp³-hybridized carbons (Fsp3) is 0.0625. The van der Waals surface area contributed by atoms with Crippen LogP contribution in [0.1, 0.15) is 5.69 Å². The van der Waals surface area contributed by atoms with Crippen molar-refractivity contribution in [3.63, 3.8) is 0 Å². The number of hydrogen-bond acceptors (Lipinski definition) is 1. The highest BCUT2D eigenvalue weighted by molar-refractivity contribution is 6.23. The first-order valence-corrected chi connectivity index (χ1v) is 6.09. The van der Waals surface area contributed by atoms with Gasteiger partial charge in [-0.1, -0.05) is 30.3 Å². The van der Waals surface area contributed by atoms with E-state index in [1.165, 1.54) is 21.5 Å². The Bertz CT molecular complexity index is 887. The van der Waals surface area contributed by atoms with Crippen LogP contribution in [0.5, 0.6) is 0 Å². The quantitative estimate of drug-likeness (QED) is 0.453. The van der Waals surface area contributed by atoms with Gasteiger partial charge in [-0.05, 0) is 29.8 Å². The minimum atomic E-state index is 1.06. The zero-order valence-corrected chi connectivity index (χ0v) is 10.1. The lowest BCUT2D eigenvalue weighted by molar-refractivity contribution is 1.26. The van der Waals surface area contributed by atoms with Crippen molar-refractivity contribution in [3.8, 4) is 0 Å². The van der Waals surface area contributed by atoms with Crippen molar-refractivity contribution in [2.24, 2.45) is 0 Å². The maximum Gasteiger partial charge on any atom is 0.0949 e. The van der Waals surface area contributed by atoms with Crippen molar-refractivity contribution in [1.29, 1.82) is 0 Å². The largest absolute Gasteiger partial charge is 0.357 e. The van der Waals surface area contributed by atoms with E-state index in [9.17, 15) is 0 Å². The predicted octanol–water partition coefficient (Wildman–Crippen LogP) is 4.18. The Morgan fingerprint density at radius 2 is 1.61 bits per heavy atom. The second-order valence-electron chi connectivity index (χ2n) is 4.68. The minimum Gasteiger partial charge on any atom is -0.357 e. The summed E-state index contributed by atoms with van der Waals surface area (Å²) in [4.78, 5) is 7.96. The van der Waals surface area contributed by atoms with Gasteiger partial charge in [-0.15, -0.1) is 0 Å². The number of H-pyrrole nitrogens is 1. The molecule has 2 heterocycles. The molecule has 2 aromatic heterocycles. The maximum absolute atomic E-state index is 4.51. The lowest BCUT2D eigenvalue weighted by Crippen LogP contribution is -1.86. The molecule has 0 fully saturated rings. The van der Waals surface area contributed by atoms with Crippen LogP contribution in [-0.2, 0) is 0 Å². The van der Waals surface area contributed by atoms with Gasteiger partial charge in [0, 0.05) is 22.7 Å². The Hall–Kier alpha value is -2.35. The number of benzene rings is 2. The number of fused-ring (bicyclic) bond motifs is 6. The summed E-state index contributed by atoms with van der Waals surface area (Å²) in [5.74, 6) is 0. The number of pyridine rings is 1. The molecule has 2 aromatic carbocycles. The second kappa shape index (κ2) is 3.33. The van der Waals surface area contributed by atoms with Crippen LogP contribution in [0.2, 0.25) is 0 Å². The minimum absolute atomic E-state index is 1.06. The Morgan fingerprint density at radius 3 is 2.44 bits per heavy atom. The first-order chi connectivity index (χ1) is 8.84. The van der Waals surface area contributed by atoms with E-state index in [1.54, 1.807) is 0 Å². The molecule has 86 valence electrons. The molecule has 1 N–H and O–H groups in total. The normalized spacial score (nSPS) is 11.6. The predicted molar refractivity (Wildman–Crippen MR) is 75.8 cm³/mol. The molecule has 0 aliphatic carbocycles. The SMILES string of the molecule is Cc1ccc2c3ccccc3c3ccnc3c2[nH]1. The number of nitrogens with zero attached hydrogens (tertiary/aromatic N) is 1. The zero-order chi connectivity index (χ0) is 12.1. The molecule has 0 saturated heterocycles. The first kappa shape index (κ1) is 9.66. The van der Waals surface area contributed by atoms with E-state index in [1.807, 2.05) is 6.20 Å². The highest BCUT2D eigenvalue weighted by atomic mass is 14.8. The summed E-state index contributed by atoms with van der Waals surface area (Å²) in [5, 5.41) is 5.02. The summed E-state index contributed by atoms with van der Waals surface area (Å²) >= 11 is 0. The van der Waals surface area contributed by atoms with Crippen LogP contribution in [0.4, 0.5) is 0 Å². The number of aryl methyl sites for hydroxylation is 1. The second-order valence-corrected chi connectivity index (χ2v) is 4.68. The van der Waals surface area contributed by atoms with Crippen molar-refractivity contribution < 1.29 is 0 Å². The van der Waals surface area contributed by atoms with Gasteiger partial charge in [0.25, 0.3) is 0 Å². The Labute approximate surface area is 104 Å². The summed E-state index contributed by atoms with van der Waals surface area (Å²) < 4.78 is 0. The fourth-order valence-corrected chi connectivity index (χ4v) is 2.71. The summed E-state index contributed by atoms with van der Waals surface area (Å²) in [6, 6.07) is 14.9. The van der Waals surface area contributed by atoms with Crippen molar-refractivity contribution in [2.45, 2.75) is 6.92 Å². The molecule has 18 heavy (non-hydrogen) atoms. The van der Waals surface area contributed by atoms with E-state index in [2.05, 4.69) is 59.4 Å². The van der Waals surface area contributed by atoms with Crippen LogP contribution < -0.4 is 0 Å². The van der Waals surface area contributed by atoms with Gasteiger partial charge in [0.15, 0.2) is 0 Å². The molecule has 4 rings (SSSR count). The third-order valence-corrected chi connectivity index (χ3v) is 3.54. The van der Waals surface area contributed by atoms with E-state index in [-0.39, 0.29) is 0 Å². The van der Waals surface area contributed by atoms with Crippen LogP contribution in [0.3, 0.4) is 0 Å². The Balaban J connectivity index is 2.44. The van der Waals surface area contributed by atoms with Crippen molar-refractivity contribution in [2.75, 3.05) is 0 Å². The molecule has 0 saturated carbocycles. The zero-order valence-electron chi connectivity index (χ0n) is 10.1. The van der Waals surface area contributed by atoms with Crippen LogP contribution >= 0.6 is 0 Å². The van der Waals surface area contributed by atoms with Gasteiger partial charge in [-0.3, -0.25) is 4.98 Å². The van der Waals surface area contributed by atoms with Gasteiger partial charge in [-0.25, -0.2) is 0 Å². The molecular weight excluding hydrogens is 220 g/mol. The topological polar surface area (TPSA) is 28.7 Å². The maximum atomic E-state index is 4.51. The van der Waals surface area contributed by atoms with E-state index < -0.39 is 0 Å². The molecule has 0 bridgehead atoms. The van der Waals surface area contributed by atoms with Crippen molar-refractivity contribution >= 4 is 32.6 Å². The van der Waals surface area contributed by atoms with Crippen molar-refractivity contribution in [1.82, 2.24) is 9.97 Å². The number of rotatable bonds is 0. The molecule has 0 unspecified atom stereocenters. The molecule has 2 nitrogen and oxygen atoms in total. The summed E-state index contributed by atoms with van der Waals surface area (Å²) in [7, 11) is 0. The van der Waals surface area contributed by atoms with Crippen molar-refractivity contribution in [3.05, 3.63) is 54.4 Å². The smallest absolute Gasteiger partial charge is 0.0949 e. The first-order valence-electron chi connectivity index (χ1n) is 6.09. The van der Waals surface area contributed by atoms with Gasteiger partial charge >= 0.3 is 0 Å². The van der Waals surface area contributed by atoms with E-state index in [0.29, 0.717) is 0 Å². The Morgan fingerprint density at radius 1 is 0.833 bits per heavy atom. The molecule has 0 radical (unpaired) electrons. The number of hydrogen-bond donors (Lipinski definition) is 1. The summed E-state index contributed by atoms with van der Waals surface area (Å²) in [6.07, 6.45) is 1.88.